The molecule has 0 atom stereocenters. The molecule has 1 aliphatic carbocycles. The number of aromatic nitrogens is 2. The average Bonchev–Trinajstić information content (AvgIpc) is 3.15. The zero-order valence-corrected chi connectivity index (χ0v) is 17.6. The summed E-state index contributed by atoms with van der Waals surface area (Å²) in [6, 6.07) is 3.95. The SMILES string of the molecule is CCCC.CCn1c(C(=O)OC)cc2c1-c1ccncc1OC21CCCCC1. The van der Waals surface area contributed by atoms with E-state index in [1.165, 1.54) is 26.4 Å². The topological polar surface area (TPSA) is 53.4 Å². The van der Waals surface area contributed by atoms with Crippen molar-refractivity contribution in [2.75, 3.05) is 7.11 Å². The number of pyridine rings is 1. The largest absolute Gasteiger partial charge is 0.480 e. The van der Waals surface area contributed by atoms with Gasteiger partial charge in [-0.15, -0.1) is 0 Å². The van der Waals surface area contributed by atoms with Crippen LogP contribution in [-0.2, 0) is 16.9 Å². The highest BCUT2D eigenvalue weighted by Gasteiger charge is 2.44. The molecule has 1 fully saturated rings. The van der Waals surface area contributed by atoms with Crippen LogP contribution in [0.1, 0.15) is 81.8 Å². The lowest BCUT2D eigenvalue weighted by Crippen LogP contribution is -2.38. The van der Waals surface area contributed by atoms with E-state index in [1.54, 1.807) is 12.4 Å². The number of carbonyl (C=O) groups excluding carboxylic acids is 1. The smallest absolute Gasteiger partial charge is 0.354 e. The number of hydrogen-bond donors (Lipinski definition) is 0. The lowest BCUT2D eigenvalue weighted by Gasteiger charge is -2.41. The summed E-state index contributed by atoms with van der Waals surface area (Å²) in [7, 11) is 1.43. The molecule has 3 heterocycles. The first-order valence-electron chi connectivity index (χ1n) is 10.6. The molecule has 0 N–H and O–H groups in total. The Morgan fingerprint density at radius 3 is 2.54 bits per heavy atom. The highest BCUT2D eigenvalue weighted by Crippen LogP contribution is 2.52. The first-order valence-corrected chi connectivity index (χ1v) is 10.6. The number of carbonyl (C=O) groups is 1. The van der Waals surface area contributed by atoms with Gasteiger partial charge in [0, 0.05) is 23.9 Å². The summed E-state index contributed by atoms with van der Waals surface area (Å²) in [4.78, 5) is 16.5. The second-order valence-electron chi connectivity index (χ2n) is 7.56. The maximum atomic E-state index is 12.3. The van der Waals surface area contributed by atoms with E-state index < -0.39 is 0 Å². The number of esters is 1. The third-order valence-electron chi connectivity index (χ3n) is 5.80. The van der Waals surface area contributed by atoms with E-state index in [0.29, 0.717) is 12.2 Å². The number of rotatable bonds is 3. The van der Waals surface area contributed by atoms with E-state index in [9.17, 15) is 4.79 Å². The van der Waals surface area contributed by atoms with Gasteiger partial charge >= 0.3 is 5.97 Å². The van der Waals surface area contributed by atoms with Gasteiger partial charge in [-0.3, -0.25) is 4.98 Å². The molecular weight excluding hydrogens is 352 g/mol. The number of unbranched alkanes of at least 4 members (excludes halogenated alkanes) is 1. The second-order valence-corrected chi connectivity index (χ2v) is 7.56. The molecule has 152 valence electrons. The highest BCUT2D eigenvalue weighted by atomic mass is 16.5. The number of fused-ring (bicyclic) bond motifs is 4. The molecule has 0 amide bonds. The minimum Gasteiger partial charge on any atom is -0.480 e. The van der Waals surface area contributed by atoms with Crippen molar-refractivity contribution in [3.05, 3.63) is 35.8 Å². The summed E-state index contributed by atoms with van der Waals surface area (Å²) in [5, 5.41) is 0. The fourth-order valence-electron chi connectivity index (χ4n) is 4.21. The van der Waals surface area contributed by atoms with E-state index in [4.69, 9.17) is 9.47 Å². The van der Waals surface area contributed by atoms with Crippen LogP contribution in [0.4, 0.5) is 0 Å². The monoisotopic (exact) mass is 384 g/mol. The molecule has 1 saturated carbocycles. The van der Waals surface area contributed by atoms with Gasteiger partial charge in [0.1, 0.15) is 17.0 Å². The zero-order chi connectivity index (χ0) is 20.1. The van der Waals surface area contributed by atoms with Gasteiger partial charge < -0.3 is 14.0 Å². The summed E-state index contributed by atoms with van der Waals surface area (Å²) in [6.45, 7) is 7.12. The van der Waals surface area contributed by atoms with Crippen LogP contribution >= 0.6 is 0 Å². The fraction of sp³-hybridized carbons (Fsp3) is 0.565. The molecule has 0 aromatic carbocycles. The van der Waals surface area contributed by atoms with Crippen LogP contribution in [0, 0.1) is 0 Å². The maximum Gasteiger partial charge on any atom is 0.354 e. The van der Waals surface area contributed by atoms with Crippen LogP contribution in [0.15, 0.2) is 24.5 Å². The predicted molar refractivity (Wildman–Crippen MR) is 111 cm³/mol. The molecule has 0 radical (unpaired) electrons. The summed E-state index contributed by atoms with van der Waals surface area (Å²) in [5.41, 5.74) is 3.48. The molecule has 0 unspecified atom stereocenters. The fourth-order valence-corrected chi connectivity index (χ4v) is 4.21. The van der Waals surface area contributed by atoms with Crippen molar-refractivity contribution in [2.24, 2.45) is 0 Å². The summed E-state index contributed by atoms with van der Waals surface area (Å²) >= 11 is 0. The van der Waals surface area contributed by atoms with Gasteiger partial charge in [0.05, 0.1) is 19.0 Å². The molecule has 2 aromatic heterocycles. The van der Waals surface area contributed by atoms with Crippen molar-refractivity contribution in [3.8, 4) is 17.0 Å². The molecule has 2 aromatic rings. The van der Waals surface area contributed by atoms with Crippen molar-refractivity contribution < 1.29 is 14.3 Å². The van der Waals surface area contributed by atoms with Crippen LogP contribution in [0.3, 0.4) is 0 Å². The van der Waals surface area contributed by atoms with Gasteiger partial charge in [0.15, 0.2) is 0 Å². The molecule has 0 bridgehead atoms. The van der Waals surface area contributed by atoms with E-state index in [2.05, 4.69) is 30.3 Å². The van der Waals surface area contributed by atoms with Crippen LogP contribution in [0.5, 0.6) is 5.75 Å². The summed E-state index contributed by atoms with van der Waals surface area (Å²) < 4.78 is 13.5. The van der Waals surface area contributed by atoms with Crippen molar-refractivity contribution in [1.82, 2.24) is 9.55 Å². The molecule has 1 spiro atoms. The van der Waals surface area contributed by atoms with Crippen LogP contribution in [-0.4, -0.2) is 22.6 Å². The summed E-state index contributed by atoms with van der Waals surface area (Å²) in [6.07, 6.45) is 11.7. The highest BCUT2D eigenvalue weighted by molar-refractivity contribution is 5.91. The van der Waals surface area contributed by atoms with Gasteiger partial charge in [-0.1, -0.05) is 33.1 Å². The Morgan fingerprint density at radius 1 is 1.21 bits per heavy atom. The zero-order valence-electron chi connectivity index (χ0n) is 17.6. The lowest BCUT2D eigenvalue weighted by atomic mass is 9.77. The Morgan fingerprint density at radius 2 is 1.93 bits per heavy atom. The van der Waals surface area contributed by atoms with Gasteiger partial charge in [0.25, 0.3) is 0 Å². The Balaban J connectivity index is 0.000000516. The number of nitrogens with zero attached hydrogens (tertiary/aromatic N) is 2. The van der Waals surface area contributed by atoms with Crippen molar-refractivity contribution in [3.63, 3.8) is 0 Å². The third kappa shape index (κ3) is 3.54. The predicted octanol–water partition coefficient (Wildman–Crippen LogP) is 5.71. The van der Waals surface area contributed by atoms with E-state index in [-0.39, 0.29) is 11.6 Å². The van der Waals surface area contributed by atoms with Crippen molar-refractivity contribution >= 4 is 5.97 Å². The van der Waals surface area contributed by atoms with Crippen molar-refractivity contribution in [1.29, 1.82) is 0 Å². The molecule has 2 aliphatic rings. The molecule has 0 saturated heterocycles. The third-order valence-corrected chi connectivity index (χ3v) is 5.80. The van der Waals surface area contributed by atoms with Crippen molar-refractivity contribution in [2.45, 2.75) is 77.9 Å². The Bertz CT molecular complexity index is 817. The molecule has 5 nitrogen and oxygen atoms in total. The van der Waals surface area contributed by atoms with E-state index >= 15 is 0 Å². The number of ether oxygens (including phenoxy) is 2. The van der Waals surface area contributed by atoms with Crippen LogP contribution in [0.2, 0.25) is 0 Å². The van der Waals surface area contributed by atoms with Gasteiger partial charge in [0.2, 0.25) is 0 Å². The minimum atomic E-state index is -0.340. The quantitative estimate of drug-likeness (QED) is 0.636. The normalized spacial score (nSPS) is 16.3. The molecular formula is C23H32N2O3. The lowest BCUT2D eigenvalue weighted by molar-refractivity contribution is 0.0235. The standard InChI is InChI=1S/C19H22N2O3.C4H10/c1-3-21-15(18(22)23-2)11-14-17(21)13-7-10-20-12-16(13)24-19(14)8-5-4-6-9-19;1-3-4-2/h7,10-12H,3-6,8-9H2,1-2H3;3-4H2,1-2H3. The van der Waals surface area contributed by atoms with Gasteiger partial charge in [-0.05, 0) is 44.7 Å². The molecule has 4 rings (SSSR count). The Hall–Kier alpha value is -2.30. The van der Waals surface area contributed by atoms with Gasteiger partial charge in [-0.2, -0.15) is 0 Å². The van der Waals surface area contributed by atoms with E-state index in [1.807, 2.05) is 12.1 Å². The number of hydrogen-bond acceptors (Lipinski definition) is 4. The first-order chi connectivity index (χ1) is 13.6. The molecule has 5 heteroatoms. The average molecular weight is 385 g/mol. The Labute approximate surface area is 168 Å². The molecule has 28 heavy (non-hydrogen) atoms. The van der Waals surface area contributed by atoms with Crippen LogP contribution < -0.4 is 4.74 Å². The van der Waals surface area contributed by atoms with Crippen LogP contribution in [0.25, 0.3) is 11.3 Å². The number of methoxy groups -OCH3 is 1. The van der Waals surface area contributed by atoms with Gasteiger partial charge in [-0.25, -0.2) is 4.79 Å². The Kier molecular flexibility index (Phi) is 6.42. The summed E-state index contributed by atoms with van der Waals surface area (Å²) in [5.74, 6) is 0.518. The minimum absolute atomic E-state index is 0.298. The second kappa shape index (κ2) is 8.80. The maximum absolute atomic E-state index is 12.3. The molecule has 1 aliphatic heterocycles. The van der Waals surface area contributed by atoms with E-state index in [0.717, 1.165) is 48.3 Å². The first kappa shape index (κ1) is 20.4.